The second kappa shape index (κ2) is 10.2. The Bertz CT molecular complexity index is 607. The van der Waals surface area contributed by atoms with Gasteiger partial charge in [0.25, 0.3) is 5.91 Å². The van der Waals surface area contributed by atoms with Crippen molar-refractivity contribution in [2.45, 2.75) is 58.3 Å². The molecule has 0 aromatic heterocycles. The molecular weight excluding hydrogens is 326 g/mol. The van der Waals surface area contributed by atoms with Crippen LogP contribution < -0.4 is 10.2 Å². The highest BCUT2D eigenvalue weighted by Gasteiger charge is 2.22. The number of nitrogens with zero attached hydrogens (tertiary/aromatic N) is 2. The average Bonchev–Trinajstić information content (AvgIpc) is 2.65. The van der Waals surface area contributed by atoms with Crippen molar-refractivity contribution in [1.82, 2.24) is 4.90 Å². The number of likely N-dealkylation sites (tertiary alicyclic amines) is 1. The largest absolute Gasteiger partial charge is 0.377 e. The topological polar surface area (TPSA) is 52.7 Å². The summed E-state index contributed by atoms with van der Waals surface area (Å²) < 4.78 is 0. The number of amides is 2. The maximum absolute atomic E-state index is 13.0. The Morgan fingerprint density at radius 1 is 1.08 bits per heavy atom. The van der Waals surface area contributed by atoms with Crippen LogP contribution in [0.3, 0.4) is 0 Å². The van der Waals surface area contributed by atoms with E-state index in [-0.39, 0.29) is 11.8 Å². The van der Waals surface area contributed by atoms with Crippen LogP contribution in [-0.2, 0) is 4.79 Å². The lowest BCUT2D eigenvalue weighted by Gasteiger charge is -2.28. The van der Waals surface area contributed by atoms with Gasteiger partial charge in [-0.3, -0.25) is 9.59 Å². The quantitative estimate of drug-likeness (QED) is 0.705. The SMILES string of the molecule is CCCCCCC(=O)Nc1ccc(N(C)C)c(C(=O)N2CCCCC2)c1. The zero-order valence-electron chi connectivity index (χ0n) is 16.5. The minimum atomic E-state index is 0.0232. The van der Waals surface area contributed by atoms with E-state index in [1.165, 1.54) is 12.8 Å². The first-order chi connectivity index (χ1) is 12.5. The van der Waals surface area contributed by atoms with Crippen LogP contribution in [0, 0.1) is 0 Å². The highest BCUT2D eigenvalue weighted by atomic mass is 16.2. The summed E-state index contributed by atoms with van der Waals surface area (Å²) in [5.41, 5.74) is 2.26. The predicted molar refractivity (Wildman–Crippen MR) is 108 cm³/mol. The average molecular weight is 360 g/mol. The van der Waals surface area contributed by atoms with Crippen LogP contribution in [0.25, 0.3) is 0 Å². The molecule has 1 aliphatic heterocycles. The van der Waals surface area contributed by atoms with Gasteiger partial charge in [-0.25, -0.2) is 0 Å². The van der Waals surface area contributed by atoms with Gasteiger partial charge in [-0.1, -0.05) is 26.2 Å². The Balaban J connectivity index is 2.09. The molecule has 1 aliphatic rings. The van der Waals surface area contributed by atoms with Crippen LogP contribution in [-0.4, -0.2) is 43.9 Å². The molecule has 1 fully saturated rings. The molecule has 1 heterocycles. The summed E-state index contributed by atoms with van der Waals surface area (Å²) in [5, 5.41) is 2.95. The van der Waals surface area contributed by atoms with Gasteiger partial charge in [0.05, 0.1) is 5.56 Å². The molecule has 0 radical (unpaired) electrons. The van der Waals surface area contributed by atoms with Gasteiger partial charge < -0.3 is 15.1 Å². The number of hydrogen-bond acceptors (Lipinski definition) is 3. The Hall–Kier alpha value is -2.04. The number of anilines is 2. The van der Waals surface area contributed by atoms with Crippen LogP contribution in [0.2, 0.25) is 0 Å². The van der Waals surface area contributed by atoms with E-state index >= 15 is 0 Å². The molecule has 1 saturated heterocycles. The Morgan fingerprint density at radius 3 is 2.46 bits per heavy atom. The summed E-state index contributed by atoms with van der Waals surface area (Å²) in [4.78, 5) is 29.0. The van der Waals surface area contributed by atoms with Crippen molar-refractivity contribution in [3.05, 3.63) is 23.8 Å². The number of carbonyl (C=O) groups is 2. The maximum Gasteiger partial charge on any atom is 0.256 e. The Kier molecular flexibility index (Phi) is 7.95. The standard InChI is InChI=1S/C21H33N3O2/c1-4-5-6-8-11-20(25)22-17-12-13-19(23(2)3)18(16-17)21(26)24-14-9-7-10-15-24/h12-13,16H,4-11,14-15H2,1-3H3,(H,22,25). The van der Waals surface area contributed by atoms with Crippen LogP contribution in [0.4, 0.5) is 11.4 Å². The minimum Gasteiger partial charge on any atom is -0.377 e. The lowest BCUT2D eigenvalue weighted by molar-refractivity contribution is -0.116. The van der Waals surface area contributed by atoms with Crippen molar-refractivity contribution in [3.8, 4) is 0 Å². The lowest BCUT2D eigenvalue weighted by Crippen LogP contribution is -2.36. The van der Waals surface area contributed by atoms with Crippen LogP contribution in [0.15, 0.2) is 18.2 Å². The van der Waals surface area contributed by atoms with Gasteiger partial charge in [-0.15, -0.1) is 0 Å². The molecule has 26 heavy (non-hydrogen) atoms. The molecule has 0 saturated carbocycles. The zero-order valence-corrected chi connectivity index (χ0v) is 16.5. The number of piperidine rings is 1. The lowest BCUT2D eigenvalue weighted by atomic mass is 10.1. The third kappa shape index (κ3) is 5.75. The first kappa shape index (κ1) is 20.3. The van der Waals surface area contributed by atoms with Gasteiger partial charge in [0, 0.05) is 45.0 Å². The number of nitrogens with one attached hydrogen (secondary N) is 1. The fourth-order valence-electron chi connectivity index (χ4n) is 3.38. The third-order valence-electron chi connectivity index (χ3n) is 4.89. The number of unbranched alkanes of at least 4 members (excludes halogenated alkanes) is 3. The third-order valence-corrected chi connectivity index (χ3v) is 4.89. The molecule has 5 nitrogen and oxygen atoms in total. The number of rotatable bonds is 8. The highest BCUT2D eigenvalue weighted by Crippen LogP contribution is 2.26. The van der Waals surface area contributed by atoms with Gasteiger partial charge in [-0.05, 0) is 43.9 Å². The van der Waals surface area contributed by atoms with E-state index in [1.807, 2.05) is 42.1 Å². The molecule has 0 bridgehead atoms. The predicted octanol–water partition coefficient (Wildman–Crippen LogP) is 4.29. The molecular formula is C21H33N3O2. The zero-order chi connectivity index (χ0) is 18.9. The molecule has 2 rings (SSSR count). The first-order valence-electron chi connectivity index (χ1n) is 9.93. The van der Waals surface area contributed by atoms with E-state index in [1.54, 1.807) is 0 Å². The molecule has 144 valence electrons. The van der Waals surface area contributed by atoms with Crippen molar-refractivity contribution in [2.75, 3.05) is 37.4 Å². The smallest absolute Gasteiger partial charge is 0.256 e. The Labute approximate surface area is 157 Å². The second-order valence-corrected chi connectivity index (χ2v) is 7.34. The molecule has 0 unspecified atom stereocenters. The summed E-state index contributed by atoms with van der Waals surface area (Å²) in [6.45, 7) is 3.80. The number of carbonyl (C=O) groups excluding carboxylic acids is 2. The van der Waals surface area contributed by atoms with E-state index in [0.717, 1.165) is 50.9 Å². The maximum atomic E-state index is 13.0. The van der Waals surface area contributed by atoms with Crippen molar-refractivity contribution in [1.29, 1.82) is 0 Å². The summed E-state index contributed by atoms with van der Waals surface area (Å²) in [7, 11) is 3.88. The molecule has 1 aromatic carbocycles. The first-order valence-corrected chi connectivity index (χ1v) is 9.93. The molecule has 1 N–H and O–H groups in total. The minimum absolute atomic E-state index is 0.0232. The van der Waals surface area contributed by atoms with Crippen LogP contribution in [0.5, 0.6) is 0 Å². The van der Waals surface area contributed by atoms with Crippen LogP contribution in [0.1, 0.15) is 68.6 Å². The van der Waals surface area contributed by atoms with E-state index in [4.69, 9.17) is 0 Å². The summed E-state index contributed by atoms with van der Waals surface area (Å²) in [6, 6.07) is 5.63. The van der Waals surface area contributed by atoms with Gasteiger partial charge in [0.1, 0.15) is 0 Å². The number of benzene rings is 1. The molecule has 0 aliphatic carbocycles. The van der Waals surface area contributed by atoms with E-state index < -0.39 is 0 Å². The van der Waals surface area contributed by atoms with Crippen molar-refractivity contribution in [2.24, 2.45) is 0 Å². The molecule has 1 aromatic rings. The van der Waals surface area contributed by atoms with Gasteiger partial charge in [0.2, 0.25) is 5.91 Å². The normalized spacial score (nSPS) is 14.2. The highest BCUT2D eigenvalue weighted by molar-refractivity contribution is 6.02. The molecule has 0 atom stereocenters. The van der Waals surface area contributed by atoms with Gasteiger partial charge >= 0.3 is 0 Å². The van der Waals surface area contributed by atoms with E-state index in [2.05, 4.69) is 12.2 Å². The van der Waals surface area contributed by atoms with Gasteiger partial charge in [-0.2, -0.15) is 0 Å². The van der Waals surface area contributed by atoms with Crippen molar-refractivity contribution >= 4 is 23.2 Å². The summed E-state index contributed by atoms with van der Waals surface area (Å²) >= 11 is 0. The van der Waals surface area contributed by atoms with E-state index in [9.17, 15) is 9.59 Å². The molecule has 5 heteroatoms. The Morgan fingerprint density at radius 2 is 1.81 bits per heavy atom. The van der Waals surface area contributed by atoms with Gasteiger partial charge in [0.15, 0.2) is 0 Å². The van der Waals surface area contributed by atoms with Crippen LogP contribution >= 0.6 is 0 Å². The fraction of sp³-hybridized carbons (Fsp3) is 0.619. The fourth-order valence-corrected chi connectivity index (χ4v) is 3.38. The van der Waals surface area contributed by atoms with Crippen molar-refractivity contribution in [3.63, 3.8) is 0 Å². The van der Waals surface area contributed by atoms with E-state index in [0.29, 0.717) is 17.7 Å². The monoisotopic (exact) mass is 359 g/mol. The molecule has 2 amide bonds. The molecule has 0 spiro atoms. The number of hydrogen-bond donors (Lipinski definition) is 1. The van der Waals surface area contributed by atoms with Crippen molar-refractivity contribution < 1.29 is 9.59 Å². The summed E-state index contributed by atoms with van der Waals surface area (Å²) in [5.74, 6) is 0.0857. The second-order valence-electron chi connectivity index (χ2n) is 7.34. The summed E-state index contributed by atoms with van der Waals surface area (Å²) in [6.07, 6.45) is 8.18.